The quantitative estimate of drug-likeness (QED) is 0.790. The fourth-order valence-corrected chi connectivity index (χ4v) is 3.19. The lowest BCUT2D eigenvalue weighted by Gasteiger charge is -2.16. The van der Waals surface area contributed by atoms with Crippen LogP contribution in [-0.4, -0.2) is 32.7 Å². The van der Waals surface area contributed by atoms with E-state index in [0.717, 1.165) is 19.3 Å². The van der Waals surface area contributed by atoms with E-state index in [2.05, 4.69) is 5.32 Å². The van der Waals surface area contributed by atoms with E-state index in [-0.39, 0.29) is 6.61 Å². The van der Waals surface area contributed by atoms with Gasteiger partial charge in [-0.15, -0.1) is 0 Å². The molecule has 0 atom stereocenters. The third-order valence-electron chi connectivity index (χ3n) is 4.59. The Morgan fingerprint density at radius 1 is 0.926 bits per heavy atom. The van der Waals surface area contributed by atoms with Gasteiger partial charge in [-0.3, -0.25) is 4.79 Å². The minimum Gasteiger partial charge on any atom is -0.493 e. The minimum absolute atomic E-state index is 0.357. The maximum Gasteiger partial charge on any atom is 0.338 e. The third kappa shape index (κ3) is 4.58. The van der Waals surface area contributed by atoms with E-state index in [1.807, 2.05) is 12.1 Å². The summed E-state index contributed by atoms with van der Waals surface area (Å²) in [5.41, 5.74) is 3.51. The number of nitrogens with one attached hydrogen (secondary N) is 1. The molecule has 0 radical (unpaired) electrons. The fraction of sp³-hybridized carbons (Fsp3) is 0.333. The Bertz CT molecular complexity index is 846. The lowest BCUT2D eigenvalue weighted by molar-refractivity contribution is -0.119. The summed E-state index contributed by atoms with van der Waals surface area (Å²) in [5.74, 6) is 0.148. The van der Waals surface area contributed by atoms with Crippen molar-refractivity contribution in [3.05, 3.63) is 53.1 Å². The molecule has 6 nitrogen and oxygen atoms in total. The Balaban J connectivity index is 1.56. The highest BCUT2D eigenvalue weighted by Crippen LogP contribution is 2.29. The molecule has 0 saturated heterocycles. The van der Waals surface area contributed by atoms with Gasteiger partial charge in [0.2, 0.25) is 0 Å². The number of aryl methyl sites for hydroxylation is 2. The maximum absolute atomic E-state index is 12.2. The van der Waals surface area contributed by atoms with Crippen LogP contribution in [0.2, 0.25) is 0 Å². The van der Waals surface area contributed by atoms with Crippen LogP contribution in [0.5, 0.6) is 11.5 Å². The van der Waals surface area contributed by atoms with Crippen molar-refractivity contribution in [2.75, 3.05) is 26.1 Å². The molecule has 2 aromatic rings. The summed E-state index contributed by atoms with van der Waals surface area (Å²) < 4.78 is 15.5. The van der Waals surface area contributed by atoms with Gasteiger partial charge in [-0.1, -0.05) is 6.07 Å². The number of fused-ring (bicyclic) bond motifs is 1. The van der Waals surface area contributed by atoms with E-state index in [1.165, 1.54) is 31.8 Å². The molecule has 0 aliphatic heterocycles. The zero-order chi connectivity index (χ0) is 19.2. The van der Waals surface area contributed by atoms with Crippen LogP contribution in [0, 0.1) is 0 Å². The van der Waals surface area contributed by atoms with Gasteiger partial charge in [0.1, 0.15) is 0 Å². The zero-order valence-corrected chi connectivity index (χ0v) is 15.5. The summed E-state index contributed by atoms with van der Waals surface area (Å²) in [5, 5.41) is 2.67. The first-order chi connectivity index (χ1) is 13.1. The van der Waals surface area contributed by atoms with Gasteiger partial charge in [0.15, 0.2) is 18.1 Å². The average Bonchev–Trinajstić information content (AvgIpc) is 2.71. The molecule has 0 spiro atoms. The predicted molar refractivity (Wildman–Crippen MR) is 102 cm³/mol. The molecule has 6 heteroatoms. The topological polar surface area (TPSA) is 73.9 Å². The molecular weight excluding hydrogens is 346 g/mol. The van der Waals surface area contributed by atoms with Crippen molar-refractivity contribution in [3.8, 4) is 11.5 Å². The van der Waals surface area contributed by atoms with Crippen LogP contribution in [-0.2, 0) is 22.4 Å². The van der Waals surface area contributed by atoms with Crippen molar-refractivity contribution in [2.45, 2.75) is 25.7 Å². The molecule has 27 heavy (non-hydrogen) atoms. The summed E-state index contributed by atoms with van der Waals surface area (Å²) in [6, 6.07) is 10.6. The lowest BCUT2D eigenvalue weighted by atomic mass is 9.90. The van der Waals surface area contributed by atoms with E-state index in [9.17, 15) is 9.59 Å². The van der Waals surface area contributed by atoms with Crippen molar-refractivity contribution >= 4 is 17.6 Å². The second-order valence-corrected chi connectivity index (χ2v) is 6.38. The SMILES string of the molecule is COc1ccc(NC(=O)COC(=O)c2ccc3c(c2)CCCC3)cc1OC. The van der Waals surface area contributed by atoms with E-state index < -0.39 is 11.9 Å². The van der Waals surface area contributed by atoms with Crippen LogP contribution in [0.1, 0.15) is 34.3 Å². The number of carbonyl (C=O) groups excluding carboxylic acids is 2. The largest absolute Gasteiger partial charge is 0.493 e. The van der Waals surface area contributed by atoms with Gasteiger partial charge in [0, 0.05) is 11.8 Å². The third-order valence-corrected chi connectivity index (χ3v) is 4.59. The summed E-state index contributed by atoms with van der Waals surface area (Å²) >= 11 is 0. The van der Waals surface area contributed by atoms with Crippen LogP contribution in [0.4, 0.5) is 5.69 Å². The summed E-state index contributed by atoms with van der Waals surface area (Å²) in [6.07, 6.45) is 4.36. The Morgan fingerprint density at radius 3 is 2.41 bits per heavy atom. The van der Waals surface area contributed by atoms with E-state index in [1.54, 1.807) is 24.3 Å². The second-order valence-electron chi connectivity index (χ2n) is 6.38. The molecule has 142 valence electrons. The van der Waals surface area contributed by atoms with Gasteiger partial charge in [-0.05, 0) is 61.1 Å². The zero-order valence-electron chi connectivity index (χ0n) is 15.5. The number of methoxy groups -OCH3 is 2. The van der Waals surface area contributed by atoms with E-state index >= 15 is 0 Å². The average molecular weight is 369 g/mol. The van der Waals surface area contributed by atoms with Crippen LogP contribution in [0.25, 0.3) is 0 Å². The Hall–Kier alpha value is -3.02. The molecule has 1 amide bonds. The molecule has 1 N–H and O–H groups in total. The first-order valence-electron chi connectivity index (χ1n) is 8.91. The summed E-state index contributed by atoms with van der Waals surface area (Å²) in [6.45, 7) is -0.357. The van der Waals surface area contributed by atoms with E-state index in [4.69, 9.17) is 14.2 Å². The molecule has 0 bridgehead atoms. The van der Waals surface area contributed by atoms with Gasteiger partial charge in [-0.2, -0.15) is 0 Å². The maximum atomic E-state index is 12.2. The second kappa shape index (κ2) is 8.58. The van der Waals surface area contributed by atoms with Crippen molar-refractivity contribution < 1.29 is 23.8 Å². The molecule has 1 aliphatic carbocycles. The van der Waals surface area contributed by atoms with Crippen LogP contribution in [0.15, 0.2) is 36.4 Å². The number of anilines is 1. The summed E-state index contributed by atoms with van der Waals surface area (Å²) in [7, 11) is 3.06. The van der Waals surface area contributed by atoms with Crippen molar-refractivity contribution in [2.24, 2.45) is 0 Å². The van der Waals surface area contributed by atoms with E-state index in [0.29, 0.717) is 22.7 Å². The molecule has 0 unspecified atom stereocenters. The molecule has 0 fully saturated rings. The fourth-order valence-electron chi connectivity index (χ4n) is 3.19. The monoisotopic (exact) mass is 369 g/mol. The molecule has 0 aromatic heterocycles. The van der Waals surface area contributed by atoms with Crippen molar-refractivity contribution in [3.63, 3.8) is 0 Å². The highest BCUT2D eigenvalue weighted by Gasteiger charge is 2.15. The minimum atomic E-state index is -0.495. The smallest absolute Gasteiger partial charge is 0.338 e. The molecule has 2 aromatic carbocycles. The van der Waals surface area contributed by atoms with Crippen molar-refractivity contribution in [1.29, 1.82) is 0 Å². The first kappa shape index (κ1) is 18.8. The van der Waals surface area contributed by atoms with Gasteiger partial charge < -0.3 is 19.5 Å². The standard InChI is InChI=1S/C21H23NO5/c1-25-18-10-9-17(12-19(18)26-2)22-20(23)13-27-21(24)16-8-7-14-5-3-4-6-15(14)11-16/h7-12H,3-6,13H2,1-2H3,(H,22,23). The van der Waals surface area contributed by atoms with Gasteiger partial charge in [0.25, 0.3) is 5.91 Å². The normalized spacial score (nSPS) is 12.7. The number of hydrogen-bond donors (Lipinski definition) is 1. The number of rotatable bonds is 6. The van der Waals surface area contributed by atoms with Gasteiger partial charge in [0.05, 0.1) is 19.8 Å². The molecular formula is C21H23NO5. The Morgan fingerprint density at radius 2 is 1.67 bits per heavy atom. The number of benzene rings is 2. The number of amides is 1. The molecule has 1 aliphatic rings. The van der Waals surface area contributed by atoms with Crippen LogP contribution < -0.4 is 14.8 Å². The lowest BCUT2D eigenvalue weighted by Crippen LogP contribution is -2.21. The summed E-state index contributed by atoms with van der Waals surface area (Å²) in [4.78, 5) is 24.3. The number of ether oxygens (including phenoxy) is 3. The first-order valence-corrected chi connectivity index (χ1v) is 8.91. The van der Waals surface area contributed by atoms with Gasteiger partial charge in [-0.25, -0.2) is 4.79 Å². The number of hydrogen-bond acceptors (Lipinski definition) is 5. The highest BCUT2D eigenvalue weighted by atomic mass is 16.5. The number of carbonyl (C=O) groups is 2. The molecule has 0 saturated carbocycles. The number of esters is 1. The molecule has 3 rings (SSSR count). The molecule has 0 heterocycles. The Kier molecular flexibility index (Phi) is 5.96. The highest BCUT2D eigenvalue weighted by molar-refractivity contribution is 5.95. The Labute approximate surface area is 158 Å². The van der Waals surface area contributed by atoms with Gasteiger partial charge >= 0.3 is 5.97 Å². The predicted octanol–water partition coefficient (Wildman–Crippen LogP) is 3.38. The van der Waals surface area contributed by atoms with Crippen LogP contribution >= 0.6 is 0 Å². The van der Waals surface area contributed by atoms with Crippen LogP contribution in [0.3, 0.4) is 0 Å². The van der Waals surface area contributed by atoms with Crippen molar-refractivity contribution in [1.82, 2.24) is 0 Å².